The zero-order valence-electron chi connectivity index (χ0n) is 17.5. The molecule has 6 heteroatoms. The Bertz CT molecular complexity index is 587. The van der Waals surface area contributed by atoms with E-state index in [0.717, 1.165) is 30.9 Å². The van der Waals surface area contributed by atoms with Crippen LogP contribution >= 0.6 is 0 Å². The van der Waals surface area contributed by atoms with Crippen molar-refractivity contribution < 1.29 is 0 Å². The maximum Gasteiger partial charge on any atom is 0.191 e. The summed E-state index contributed by atoms with van der Waals surface area (Å²) < 4.78 is 2.23. The lowest BCUT2D eigenvalue weighted by Crippen LogP contribution is -2.53. The van der Waals surface area contributed by atoms with Crippen molar-refractivity contribution in [3.63, 3.8) is 0 Å². The molecular formula is C21H38N6. The Morgan fingerprint density at radius 3 is 2.78 bits per heavy atom. The summed E-state index contributed by atoms with van der Waals surface area (Å²) in [5, 5.41) is 7.12. The molecule has 1 unspecified atom stereocenters. The first-order valence-corrected chi connectivity index (χ1v) is 10.9. The number of imidazole rings is 1. The molecule has 2 N–H and O–H groups in total. The van der Waals surface area contributed by atoms with Crippen molar-refractivity contribution in [2.45, 2.75) is 84.0 Å². The Morgan fingerprint density at radius 1 is 1.22 bits per heavy atom. The van der Waals surface area contributed by atoms with E-state index in [1.807, 2.05) is 13.2 Å². The van der Waals surface area contributed by atoms with E-state index >= 15 is 0 Å². The number of hydrogen-bond acceptors (Lipinski definition) is 3. The van der Waals surface area contributed by atoms with Crippen LogP contribution in [0, 0.1) is 5.92 Å². The maximum atomic E-state index is 4.50. The lowest BCUT2D eigenvalue weighted by molar-refractivity contribution is 0.115. The van der Waals surface area contributed by atoms with Crippen LogP contribution in [0.5, 0.6) is 0 Å². The molecule has 1 saturated carbocycles. The van der Waals surface area contributed by atoms with Gasteiger partial charge in [-0.25, -0.2) is 4.98 Å². The second-order valence-electron chi connectivity index (χ2n) is 8.59. The van der Waals surface area contributed by atoms with E-state index < -0.39 is 0 Å². The number of rotatable bonds is 6. The van der Waals surface area contributed by atoms with Crippen molar-refractivity contribution in [3.05, 3.63) is 18.2 Å². The summed E-state index contributed by atoms with van der Waals surface area (Å²) in [6.07, 6.45) is 13.5. The Balaban J connectivity index is 1.49. The summed E-state index contributed by atoms with van der Waals surface area (Å²) in [6.45, 7) is 8.59. The molecule has 1 aliphatic carbocycles. The highest BCUT2D eigenvalue weighted by Gasteiger charge is 2.27. The van der Waals surface area contributed by atoms with E-state index in [4.69, 9.17) is 0 Å². The van der Waals surface area contributed by atoms with Crippen LogP contribution in [0.1, 0.15) is 64.6 Å². The van der Waals surface area contributed by atoms with Gasteiger partial charge in [-0.15, -0.1) is 0 Å². The molecule has 27 heavy (non-hydrogen) atoms. The molecule has 3 rings (SSSR count). The third-order valence-electron chi connectivity index (χ3n) is 5.89. The monoisotopic (exact) mass is 374 g/mol. The highest BCUT2D eigenvalue weighted by molar-refractivity contribution is 5.79. The van der Waals surface area contributed by atoms with Crippen LogP contribution in [0.3, 0.4) is 0 Å². The van der Waals surface area contributed by atoms with Gasteiger partial charge in [-0.3, -0.25) is 9.89 Å². The minimum Gasteiger partial charge on any atom is -0.352 e. The van der Waals surface area contributed by atoms with Gasteiger partial charge in [0.1, 0.15) is 5.82 Å². The Labute approximate surface area is 164 Å². The van der Waals surface area contributed by atoms with E-state index in [2.05, 4.69) is 50.1 Å². The van der Waals surface area contributed by atoms with Gasteiger partial charge in [0.05, 0.1) is 6.54 Å². The predicted molar refractivity (Wildman–Crippen MR) is 112 cm³/mol. The van der Waals surface area contributed by atoms with Gasteiger partial charge in [0.15, 0.2) is 5.96 Å². The molecule has 2 fully saturated rings. The predicted octanol–water partition coefficient (Wildman–Crippen LogP) is 3.00. The molecule has 0 bridgehead atoms. The van der Waals surface area contributed by atoms with E-state index in [0.29, 0.717) is 18.5 Å². The normalized spacial score (nSPS) is 23.0. The van der Waals surface area contributed by atoms with Gasteiger partial charge in [-0.1, -0.05) is 33.1 Å². The average molecular weight is 375 g/mol. The molecule has 2 heterocycles. The van der Waals surface area contributed by atoms with Gasteiger partial charge in [0.2, 0.25) is 0 Å². The van der Waals surface area contributed by atoms with Crippen molar-refractivity contribution in [1.29, 1.82) is 0 Å². The van der Waals surface area contributed by atoms with Crippen LogP contribution in [-0.4, -0.2) is 52.6 Å². The minimum absolute atomic E-state index is 0.488. The number of aromatic nitrogens is 2. The number of nitrogens with one attached hydrogen (secondary N) is 2. The zero-order valence-corrected chi connectivity index (χ0v) is 17.5. The number of piperidine rings is 1. The van der Waals surface area contributed by atoms with Crippen LogP contribution in [0.4, 0.5) is 0 Å². The Morgan fingerprint density at radius 2 is 2.04 bits per heavy atom. The molecule has 1 aromatic rings. The van der Waals surface area contributed by atoms with Gasteiger partial charge in [0, 0.05) is 44.6 Å². The summed E-state index contributed by atoms with van der Waals surface area (Å²) in [5.41, 5.74) is 0. The van der Waals surface area contributed by atoms with E-state index in [9.17, 15) is 0 Å². The van der Waals surface area contributed by atoms with Crippen molar-refractivity contribution in [3.8, 4) is 0 Å². The van der Waals surface area contributed by atoms with Crippen LogP contribution in [0.15, 0.2) is 17.4 Å². The highest BCUT2D eigenvalue weighted by Crippen LogP contribution is 2.25. The van der Waals surface area contributed by atoms with Gasteiger partial charge >= 0.3 is 0 Å². The largest absolute Gasteiger partial charge is 0.352 e. The minimum atomic E-state index is 0.488. The topological polar surface area (TPSA) is 57.5 Å². The summed E-state index contributed by atoms with van der Waals surface area (Å²) in [5.74, 6) is 2.58. The first-order chi connectivity index (χ1) is 13.2. The summed E-state index contributed by atoms with van der Waals surface area (Å²) in [7, 11) is 1.86. The molecular weight excluding hydrogens is 336 g/mol. The number of aliphatic imine (C=N–C) groups is 1. The molecule has 2 aliphatic rings. The molecule has 0 radical (unpaired) electrons. The van der Waals surface area contributed by atoms with Crippen LogP contribution in [0.25, 0.3) is 0 Å². The van der Waals surface area contributed by atoms with Crippen LogP contribution < -0.4 is 10.6 Å². The first kappa shape index (κ1) is 20.2. The van der Waals surface area contributed by atoms with Crippen molar-refractivity contribution in [2.75, 3.05) is 20.1 Å². The zero-order chi connectivity index (χ0) is 19.1. The first-order valence-electron chi connectivity index (χ1n) is 10.9. The van der Waals surface area contributed by atoms with E-state index in [1.54, 1.807) is 0 Å². The highest BCUT2D eigenvalue weighted by atomic mass is 15.2. The number of likely N-dealkylation sites (tertiary alicyclic amines) is 1. The molecule has 1 saturated heterocycles. The maximum absolute atomic E-state index is 4.50. The lowest BCUT2D eigenvalue weighted by Gasteiger charge is -2.40. The molecule has 0 amide bonds. The fourth-order valence-corrected chi connectivity index (χ4v) is 4.52. The van der Waals surface area contributed by atoms with Gasteiger partial charge in [-0.2, -0.15) is 0 Å². The number of hydrogen-bond donors (Lipinski definition) is 2. The average Bonchev–Trinajstić information content (AvgIpc) is 3.12. The van der Waals surface area contributed by atoms with Gasteiger partial charge in [-0.05, 0) is 38.1 Å². The fraction of sp³-hybridized carbons (Fsp3) is 0.810. The molecule has 6 nitrogen and oxygen atoms in total. The van der Waals surface area contributed by atoms with Crippen molar-refractivity contribution >= 4 is 5.96 Å². The standard InChI is InChI=1S/C21H38N6/c1-17(2)15-27-13-11-23-20(27)14-24-21(22-3)25-18-8-7-12-26(16-18)19-9-5-4-6-10-19/h11,13,17-19H,4-10,12,14-16H2,1-3H3,(H2,22,24,25). The molecule has 0 aromatic carbocycles. The van der Waals surface area contributed by atoms with Crippen LogP contribution in [-0.2, 0) is 13.1 Å². The molecule has 1 atom stereocenters. The second-order valence-corrected chi connectivity index (χ2v) is 8.59. The van der Waals surface area contributed by atoms with E-state index in [-0.39, 0.29) is 0 Å². The smallest absolute Gasteiger partial charge is 0.191 e. The summed E-state index contributed by atoms with van der Waals surface area (Å²) >= 11 is 0. The third-order valence-corrected chi connectivity index (χ3v) is 5.89. The van der Waals surface area contributed by atoms with Gasteiger partial charge in [0.25, 0.3) is 0 Å². The molecule has 1 aliphatic heterocycles. The number of nitrogens with zero attached hydrogens (tertiary/aromatic N) is 4. The number of guanidine groups is 1. The quantitative estimate of drug-likeness (QED) is 0.594. The lowest BCUT2D eigenvalue weighted by atomic mass is 9.92. The van der Waals surface area contributed by atoms with Crippen LogP contribution in [0.2, 0.25) is 0 Å². The summed E-state index contributed by atoms with van der Waals surface area (Å²) in [6, 6.07) is 1.30. The Hall–Kier alpha value is -1.56. The van der Waals surface area contributed by atoms with Gasteiger partial charge < -0.3 is 15.2 Å². The second kappa shape index (κ2) is 10.1. The Kier molecular flexibility index (Phi) is 7.56. The third kappa shape index (κ3) is 5.96. The fourth-order valence-electron chi connectivity index (χ4n) is 4.52. The SMILES string of the molecule is CN=C(NCc1nccn1CC(C)C)NC1CCCN(C2CCCCC2)C1. The molecule has 0 spiro atoms. The van der Waals surface area contributed by atoms with E-state index in [1.165, 1.54) is 51.5 Å². The molecule has 1 aromatic heterocycles. The summed E-state index contributed by atoms with van der Waals surface area (Å²) in [4.78, 5) is 11.7. The molecule has 152 valence electrons. The van der Waals surface area contributed by atoms with Crippen molar-refractivity contribution in [2.24, 2.45) is 10.9 Å². The van der Waals surface area contributed by atoms with Crippen molar-refractivity contribution in [1.82, 2.24) is 25.1 Å².